The summed E-state index contributed by atoms with van der Waals surface area (Å²) >= 11 is 5.00. The number of likely N-dealkylation sites (N-methyl/N-ethyl adjacent to an activating group) is 1. The molecule has 1 aliphatic rings. The molecule has 3 rings (SSSR count). The first-order valence-corrected chi connectivity index (χ1v) is 7.36. The number of thiocarbonyl (C=S) groups is 1. The minimum atomic E-state index is 0.343. The lowest BCUT2D eigenvalue weighted by atomic mass is 10.1. The Morgan fingerprint density at radius 3 is 2.76 bits per heavy atom. The second-order valence-electron chi connectivity index (χ2n) is 5.25. The van der Waals surface area contributed by atoms with E-state index in [-0.39, 0.29) is 0 Å². The number of anilines is 2. The summed E-state index contributed by atoms with van der Waals surface area (Å²) in [7, 11) is 2.13. The molecule has 108 valence electrons. The van der Waals surface area contributed by atoms with Gasteiger partial charge in [-0.3, -0.25) is 4.98 Å². The van der Waals surface area contributed by atoms with E-state index in [1.807, 2.05) is 12.1 Å². The molecule has 0 fully saturated rings. The van der Waals surface area contributed by atoms with E-state index in [2.05, 4.69) is 46.1 Å². The van der Waals surface area contributed by atoms with E-state index < -0.39 is 0 Å². The number of pyridine rings is 1. The van der Waals surface area contributed by atoms with E-state index in [4.69, 9.17) is 18.0 Å². The van der Waals surface area contributed by atoms with Crippen molar-refractivity contribution < 1.29 is 0 Å². The summed E-state index contributed by atoms with van der Waals surface area (Å²) in [6, 6.07) is 12.5. The van der Waals surface area contributed by atoms with Crippen LogP contribution in [-0.4, -0.2) is 30.1 Å². The second-order valence-corrected chi connectivity index (χ2v) is 5.69. The highest BCUT2D eigenvalue weighted by Gasteiger charge is 2.19. The third-order valence-corrected chi connectivity index (χ3v) is 4.00. The normalized spacial score (nSPS) is 14.0. The Balaban J connectivity index is 1.87. The monoisotopic (exact) mass is 298 g/mol. The first-order valence-electron chi connectivity index (χ1n) is 6.95. The quantitative estimate of drug-likeness (QED) is 0.880. The minimum Gasteiger partial charge on any atom is -0.388 e. The molecule has 1 aromatic heterocycles. The van der Waals surface area contributed by atoms with E-state index in [1.54, 1.807) is 6.20 Å². The van der Waals surface area contributed by atoms with Crippen LogP contribution in [0.15, 0.2) is 42.6 Å². The Morgan fingerprint density at radius 1 is 1.24 bits per heavy atom. The lowest BCUT2D eigenvalue weighted by Crippen LogP contribution is -2.38. The molecular formula is C16H18N4S. The molecule has 0 radical (unpaired) electrons. The van der Waals surface area contributed by atoms with Crippen molar-refractivity contribution in [3.63, 3.8) is 0 Å². The van der Waals surface area contributed by atoms with E-state index in [0.717, 1.165) is 19.6 Å². The summed E-state index contributed by atoms with van der Waals surface area (Å²) in [4.78, 5) is 9.21. The Hall–Kier alpha value is -2.14. The predicted octanol–water partition coefficient (Wildman–Crippen LogP) is 2.17. The molecule has 0 aliphatic carbocycles. The Kier molecular flexibility index (Phi) is 3.75. The molecule has 0 atom stereocenters. The number of aromatic nitrogens is 1. The first-order chi connectivity index (χ1) is 10.1. The van der Waals surface area contributed by atoms with Crippen LogP contribution < -0.4 is 15.5 Å². The summed E-state index contributed by atoms with van der Waals surface area (Å²) < 4.78 is 0. The van der Waals surface area contributed by atoms with Crippen LogP contribution in [0.4, 0.5) is 11.4 Å². The van der Waals surface area contributed by atoms with Crippen molar-refractivity contribution in [3.05, 3.63) is 53.9 Å². The van der Waals surface area contributed by atoms with Crippen molar-refractivity contribution in [1.82, 2.24) is 4.98 Å². The van der Waals surface area contributed by atoms with Crippen molar-refractivity contribution in [2.45, 2.75) is 6.54 Å². The van der Waals surface area contributed by atoms with Gasteiger partial charge in [0.05, 0.1) is 17.1 Å². The van der Waals surface area contributed by atoms with Gasteiger partial charge in [-0.25, -0.2) is 0 Å². The van der Waals surface area contributed by atoms with Crippen molar-refractivity contribution >= 4 is 28.6 Å². The summed E-state index contributed by atoms with van der Waals surface area (Å²) in [5, 5.41) is 0. The zero-order valence-electron chi connectivity index (χ0n) is 12.0. The maximum Gasteiger partial charge on any atom is 0.122 e. The van der Waals surface area contributed by atoms with Gasteiger partial charge < -0.3 is 15.5 Å². The van der Waals surface area contributed by atoms with Crippen LogP contribution in [0.1, 0.15) is 11.3 Å². The zero-order chi connectivity index (χ0) is 14.8. The van der Waals surface area contributed by atoms with E-state index in [9.17, 15) is 0 Å². The topological polar surface area (TPSA) is 45.4 Å². The standard InChI is InChI=1S/C16H18N4S/c1-19-8-9-20(15-5-3-2-4-14(15)19)11-12-6-7-18-13(10-12)16(17)21/h2-7,10H,8-9,11H2,1H3,(H2,17,21). The number of para-hydroxylation sites is 2. The number of fused-ring (bicyclic) bond motifs is 1. The van der Waals surface area contributed by atoms with Gasteiger partial charge in [0, 0.05) is 32.9 Å². The average molecular weight is 298 g/mol. The van der Waals surface area contributed by atoms with Crippen molar-refractivity contribution in [2.24, 2.45) is 5.73 Å². The van der Waals surface area contributed by atoms with Crippen LogP contribution in [0.3, 0.4) is 0 Å². The fraction of sp³-hybridized carbons (Fsp3) is 0.250. The highest BCUT2D eigenvalue weighted by atomic mass is 32.1. The van der Waals surface area contributed by atoms with Gasteiger partial charge in [0.25, 0.3) is 0 Å². The highest BCUT2D eigenvalue weighted by molar-refractivity contribution is 7.80. The minimum absolute atomic E-state index is 0.343. The van der Waals surface area contributed by atoms with Gasteiger partial charge in [0.2, 0.25) is 0 Å². The zero-order valence-corrected chi connectivity index (χ0v) is 12.8. The molecule has 4 nitrogen and oxygen atoms in total. The van der Waals surface area contributed by atoms with Gasteiger partial charge in [-0.1, -0.05) is 24.4 Å². The predicted molar refractivity (Wildman–Crippen MR) is 90.9 cm³/mol. The Bertz CT molecular complexity index is 671. The van der Waals surface area contributed by atoms with Crippen LogP contribution in [0.25, 0.3) is 0 Å². The number of benzene rings is 1. The number of hydrogen-bond acceptors (Lipinski definition) is 4. The number of nitrogens with two attached hydrogens (primary N) is 1. The van der Waals surface area contributed by atoms with Gasteiger partial charge in [-0.05, 0) is 29.8 Å². The molecule has 0 unspecified atom stereocenters. The van der Waals surface area contributed by atoms with Crippen LogP contribution >= 0.6 is 12.2 Å². The smallest absolute Gasteiger partial charge is 0.122 e. The van der Waals surface area contributed by atoms with Gasteiger partial charge >= 0.3 is 0 Å². The third kappa shape index (κ3) is 2.83. The summed E-state index contributed by atoms with van der Waals surface area (Å²) in [5.41, 5.74) is 10.1. The molecule has 1 aliphatic heterocycles. The highest BCUT2D eigenvalue weighted by Crippen LogP contribution is 2.32. The van der Waals surface area contributed by atoms with Gasteiger partial charge in [0.15, 0.2) is 0 Å². The third-order valence-electron chi connectivity index (χ3n) is 3.79. The average Bonchev–Trinajstić information content (AvgIpc) is 2.51. The number of rotatable bonds is 3. The van der Waals surface area contributed by atoms with Gasteiger partial charge in [-0.2, -0.15) is 0 Å². The molecule has 5 heteroatoms. The summed E-state index contributed by atoms with van der Waals surface area (Å²) in [6.07, 6.45) is 1.77. The molecule has 2 N–H and O–H groups in total. The van der Waals surface area contributed by atoms with Crippen LogP contribution in [0, 0.1) is 0 Å². The molecule has 0 amide bonds. The molecule has 1 aromatic carbocycles. The molecule has 21 heavy (non-hydrogen) atoms. The van der Waals surface area contributed by atoms with E-state index in [1.165, 1.54) is 16.9 Å². The summed E-state index contributed by atoms with van der Waals surface area (Å²) in [6.45, 7) is 2.85. The molecule has 2 aromatic rings. The number of nitrogens with zero attached hydrogens (tertiary/aromatic N) is 3. The lowest BCUT2D eigenvalue weighted by Gasteiger charge is -2.37. The lowest BCUT2D eigenvalue weighted by molar-refractivity contribution is 0.734. The molecular weight excluding hydrogens is 280 g/mol. The molecule has 2 heterocycles. The van der Waals surface area contributed by atoms with Crippen LogP contribution in [0.2, 0.25) is 0 Å². The maximum absolute atomic E-state index is 5.66. The van der Waals surface area contributed by atoms with E-state index >= 15 is 0 Å². The maximum atomic E-state index is 5.66. The number of hydrogen-bond donors (Lipinski definition) is 1. The Morgan fingerprint density at radius 2 is 2.00 bits per heavy atom. The van der Waals surface area contributed by atoms with Gasteiger partial charge in [0.1, 0.15) is 4.99 Å². The Labute approximate surface area is 130 Å². The molecule has 0 spiro atoms. The molecule has 0 saturated heterocycles. The SMILES string of the molecule is CN1CCN(Cc2ccnc(C(N)=S)c2)c2ccccc21. The van der Waals surface area contributed by atoms with E-state index in [0.29, 0.717) is 10.7 Å². The van der Waals surface area contributed by atoms with Crippen molar-refractivity contribution in [2.75, 3.05) is 29.9 Å². The first kappa shape index (κ1) is 13.8. The largest absolute Gasteiger partial charge is 0.388 e. The molecule has 0 saturated carbocycles. The van der Waals surface area contributed by atoms with Gasteiger partial charge in [-0.15, -0.1) is 0 Å². The molecule has 0 bridgehead atoms. The van der Waals surface area contributed by atoms with Crippen molar-refractivity contribution in [1.29, 1.82) is 0 Å². The van der Waals surface area contributed by atoms with Crippen LogP contribution in [0.5, 0.6) is 0 Å². The fourth-order valence-electron chi connectivity index (χ4n) is 2.66. The van der Waals surface area contributed by atoms with Crippen molar-refractivity contribution in [3.8, 4) is 0 Å². The van der Waals surface area contributed by atoms with Crippen LogP contribution in [-0.2, 0) is 6.54 Å². The fourth-order valence-corrected chi connectivity index (χ4v) is 2.77. The summed E-state index contributed by atoms with van der Waals surface area (Å²) in [5.74, 6) is 0. The second kappa shape index (κ2) is 5.69.